The number of aromatic nitrogens is 2. The van der Waals surface area contributed by atoms with E-state index >= 15 is 0 Å². The summed E-state index contributed by atoms with van der Waals surface area (Å²) in [5, 5.41) is 20.1. The molecule has 1 fully saturated rings. The average Bonchev–Trinajstić information content (AvgIpc) is 3.47. The van der Waals surface area contributed by atoms with Crippen LogP contribution in [-0.4, -0.2) is 27.0 Å². The van der Waals surface area contributed by atoms with Gasteiger partial charge >= 0.3 is 5.91 Å². The van der Waals surface area contributed by atoms with Crippen LogP contribution < -0.4 is 4.90 Å². The van der Waals surface area contributed by atoms with E-state index in [0.717, 1.165) is 21.2 Å². The second-order valence-corrected chi connectivity index (χ2v) is 11.9. The van der Waals surface area contributed by atoms with Gasteiger partial charge in [0.2, 0.25) is 5.13 Å². The fourth-order valence-electron chi connectivity index (χ4n) is 4.24. The Morgan fingerprint density at radius 1 is 1.08 bits per heavy atom. The minimum atomic E-state index is -0.893. The van der Waals surface area contributed by atoms with Crippen molar-refractivity contribution in [1.29, 1.82) is 0 Å². The first kappa shape index (κ1) is 26.3. The summed E-state index contributed by atoms with van der Waals surface area (Å²) in [6.45, 7) is 3.74. The van der Waals surface area contributed by atoms with Crippen molar-refractivity contribution in [2.24, 2.45) is 0 Å². The van der Waals surface area contributed by atoms with Crippen LogP contribution in [0.5, 0.6) is 0 Å². The SMILES string of the molecule is Cc1ccc(C)c(C(O)=C2C(=O)C(=O)N(c3nnc(SCc4ccc(F)cc4)s3)C2c2cccc(Br)c2)c1. The van der Waals surface area contributed by atoms with Crippen LogP contribution in [0.25, 0.3) is 5.76 Å². The van der Waals surface area contributed by atoms with Gasteiger partial charge in [-0.1, -0.05) is 81.0 Å². The number of carbonyl (C=O) groups excluding carboxylic acids is 2. The molecular weight excluding hydrogens is 589 g/mol. The molecule has 0 bridgehead atoms. The largest absolute Gasteiger partial charge is 0.507 e. The van der Waals surface area contributed by atoms with E-state index in [1.54, 1.807) is 24.3 Å². The highest BCUT2D eigenvalue weighted by Crippen LogP contribution is 2.44. The molecule has 2 heterocycles. The average molecular weight is 611 g/mol. The minimum Gasteiger partial charge on any atom is -0.507 e. The lowest BCUT2D eigenvalue weighted by Gasteiger charge is -2.23. The lowest BCUT2D eigenvalue weighted by Crippen LogP contribution is -2.29. The van der Waals surface area contributed by atoms with E-state index in [0.29, 0.717) is 21.2 Å². The summed E-state index contributed by atoms with van der Waals surface area (Å²) in [4.78, 5) is 28.1. The van der Waals surface area contributed by atoms with Gasteiger partial charge in [0.1, 0.15) is 11.6 Å². The number of rotatable bonds is 6. The summed E-state index contributed by atoms with van der Waals surface area (Å²) < 4.78 is 14.6. The molecule has 0 saturated carbocycles. The highest BCUT2D eigenvalue weighted by Gasteiger charge is 2.48. The molecule has 0 spiro atoms. The van der Waals surface area contributed by atoms with E-state index in [1.165, 1.54) is 40.1 Å². The third kappa shape index (κ3) is 5.16. The van der Waals surface area contributed by atoms with Crippen molar-refractivity contribution in [3.8, 4) is 0 Å². The molecule has 4 aromatic rings. The number of aryl methyl sites for hydroxylation is 2. The van der Waals surface area contributed by atoms with Crippen molar-refractivity contribution in [2.45, 2.75) is 30.0 Å². The number of benzene rings is 3. The summed E-state index contributed by atoms with van der Waals surface area (Å²) in [6.07, 6.45) is 0. The summed E-state index contributed by atoms with van der Waals surface area (Å²) in [7, 11) is 0. The molecule has 1 unspecified atom stereocenters. The zero-order valence-corrected chi connectivity index (χ0v) is 23.5. The molecule has 192 valence electrons. The lowest BCUT2D eigenvalue weighted by molar-refractivity contribution is -0.132. The highest BCUT2D eigenvalue weighted by molar-refractivity contribution is 9.10. The standard InChI is InChI=1S/C28H21BrFN3O3S2/c1-15-6-7-16(2)21(12-15)24(34)22-23(18-4-3-5-19(29)13-18)33(26(36)25(22)35)27-31-32-28(38-27)37-14-17-8-10-20(30)11-9-17/h3-13,23,34H,14H2,1-2H3. The smallest absolute Gasteiger partial charge is 0.301 e. The monoisotopic (exact) mass is 609 g/mol. The van der Waals surface area contributed by atoms with E-state index < -0.39 is 17.7 Å². The van der Waals surface area contributed by atoms with Gasteiger partial charge in [-0.3, -0.25) is 14.5 Å². The number of thioether (sulfide) groups is 1. The molecule has 6 nitrogen and oxygen atoms in total. The van der Waals surface area contributed by atoms with E-state index in [1.807, 2.05) is 44.2 Å². The first-order valence-electron chi connectivity index (χ1n) is 11.6. The van der Waals surface area contributed by atoms with Gasteiger partial charge in [0.25, 0.3) is 5.78 Å². The summed E-state index contributed by atoms with van der Waals surface area (Å²) in [5.41, 5.74) is 3.74. The van der Waals surface area contributed by atoms with Crippen LogP contribution in [0, 0.1) is 19.7 Å². The Morgan fingerprint density at radius 2 is 1.84 bits per heavy atom. The van der Waals surface area contributed by atoms with Gasteiger partial charge in [0.15, 0.2) is 4.34 Å². The highest BCUT2D eigenvalue weighted by atomic mass is 79.9. The van der Waals surface area contributed by atoms with Gasteiger partial charge < -0.3 is 5.11 Å². The molecule has 1 N–H and O–H groups in total. The number of amides is 1. The van der Waals surface area contributed by atoms with Gasteiger partial charge in [-0.05, 0) is 60.9 Å². The molecule has 1 saturated heterocycles. The van der Waals surface area contributed by atoms with E-state index in [4.69, 9.17) is 0 Å². The van der Waals surface area contributed by atoms with Gasteiger partial charge in [0.05, 0.1) is 11.6 Å². The number of aliphatic hydroxyl groups excluding tert-OH is 1. The Hall–Kier alpha value is -3.34. The molecule has 1 atom stereocenters. The molecule has 38 heavy (non-hydrogen) atoms. The molecule has 1 aliphatic rings. The number of hydrogen-bond donors (Lipinski definition) is 1. The molecule has 1 aromatic heterocycles. The number of carbonyl (C=O) groups is 2. The first-order valence-corrected chi connectivity index (χ1v) is 14.2. The molecule has 10 heteroatoms. The maximum absolute atomic E-state index is 13.4. The topological polar surface area (TPSA) is 83.4 Å². The Labute approximate surface area is 235 Å². The summed E-state index contributed by atoms with van der Waals surface area (Å²) >= 11 is 6.05. The lowest BCUT2D eigenvalue weighted by atomic mass is 9.93. The summed E-state index contributed by atoms with van der Waals surface area (Å²) in [6, 6.07) is 18.1. The zero-order valence-electron chi connectivity index (χ0n) is 20.3. The van der Waals surface area contributed by atoms with E-state index in [-0.39, 0.29) is 22.3 Å². The maximum atomic E-state index is 13.4. The second-order valence-electron chi connectivity index (χ2n) is 8.81. The molecule has 0 aliphatic carbocycles. The van der Waals surface area contributed by atoms with Crippen molar-refractivity contribution in [1.82, 2.24) is 10.2 Å². The van der Waals surface area contributed by atoms with Crippen LogP contribution >= 0.6 is 39.0 Å². The Bertz CT molecular complexity index is 1590. The third-order valence-corrected chi connectivity index (χ3v) is 8.75. The quantitative estimate of drug-likeness (QED) is 0.0835. The Kier molecular flexibility index (Phi) is 7.47. The number of halogens is 2. The number of ketones is 1. The number of anilines is 1. The number of Topliss-reactive ketones (excluding diaryl/α,β-unsaturated/α-hetero) is 1. The molecule has 5 rings (SSSR count). The van der Waals surface area contributed by atoms with E-state index in [2.05, 4.69) is 26.1 Å². The van der Waals surface area contributed by atoms with Gasteiger partial charge in [-0.25, -0.2) is 4.39 Å². The first-order chi connectivity index (χ1) is 18.2. The van der Waals surface area contributed by atoms with Gasteiger partial charge in [-0.15, -0.1) is 10.2 Å². The molecule has 3 aromatic carbocycles. The number of aliphatic hydroxyl groups is 1. The van der Waals surface area contributed by atoms with Crippen LogP contribution in [0.4, 0.5) is 9.52 Å². The second kappa shape index (κ2) is 10.8. The molecular formula is C28H21BrFN3O3S2. The molecule has 1 amide bonds. The number of nitrogens with zero attached hydrogens (tertiary/aromatic N) is 3. The van der Waals surface area contributed by atoms with Crippen molar-refractivity contribution in [3.63, 3.8) is 0 Å². The predicted molar refractivity (Wildman–Crippen MR) is 151 cm³/mol. The third-order valence-electron chi connectivity index (χ3n) is 6.13. The fraction of sp³-hybridized carbons (Fsp3) is 0.143. The van der Waals surface area contributed by atoms with Gasteiger partial charge in [-0.2, -0.15) is 0 Å². The minimum absolute atomic E-state index is 0.00230. The van der Waals surface area contributed by atoms with Crippen LogP contribution in [0.3, 0.4) is 0 Å². The summed E-state index contributed by atoms with van der Waals surface area (Å²) in [5.74, 6) is -1.57. The van der Waals surface area contributed by atoms with Gasteiger partial charge in [0, 0.05) is 15.8 Å². The fourth-order valence-corrected chi connectivity index (χ4v) is 6.48. The zero-order chi connectivity index (χ0) is 27.0. The van der Waals surface area contributed by atoms with Crippen molar-refractivity contribution in [2.75, 3.05) is 4.90 Å². The van der Waals surface area contributed by atoms with E-state index in [9.17, 15) is 19.1 Å². The maximum Gasteiger partial charge on any atom is 0.301 e. The Morgan fingerprint density at radius 3 is 2.58 bits per heavy atom. The number of hydrogen-bond acceptors (Lipinski definition) is 7. The Balaban J connectivity index is 1.56. The van der Waals surface area contributed by atoms with Crippen LogP contribution in [0.2, 0.25) is 0 Å². The normalized spacial score (nSPS) is 16.8. The van der Waals surface area contributed by atoms with Crippen LogP contribution in [0.15, 0.2) is 81.1 Å². The van der Waals surface area contributed by atoms with Crippen LogP contribution in [-0.2, 0) is 15.3 Å². The predicted octanol–water partition coefficient (Wildman–Crippen LogP) is 6.98. The van der Waals surface area contributed by atoms with Crippen LogP contribution in [0.1, 0.15) is 33.9 Å². The molecule has 0 radical (unpaired) electrons. The molecule has 1 aliphatic heterocycles. The van der Waals surface area contributed by atoms with Crippen molar-refractivity contribution < 1.29 is 19.1 Å². The van der Waals surface area contributed by atoms with Crippen molar-refractivity contribution in [3.05, 3.63) is 110 Å². The van der Waals surface area contributed by atoms with Crippen molar-refractivity contribution >= 4 is 61.6 Å².